The number of aryl methyl sites for hydroxylation is 2. The van der Waals surface area contributed by atoms with E-state index in [4.69, 9.17) is 32.7 Å². The van der Waals surface area contributed by atoms with Crippen LogP contribution < -0.4 is 10.1 Å². The number of hydrogen-bond acceptors (Lipinski definition) is 6. The zero-order valence-electron chi connectivity index (χ0n) is 23.7. The number of ether oxygens (including phenoxy) is 2. The Morgan fingerprint density at radius 1 is 1.07 bits per heavy atom. The minimum absolute atomic E-state index is 0.0239. The van der Waals surface area contributed by atoms with Gasteiger partial charge in [-0.05, 0) is 112 Å². The van der Waals surface area contributed by atoms with Gasteiger partial charge in [-0.15, -0.1) is 0 Å². The molecule has 1 aliphatic heterocycles. The quantitative estimate of drug-likeness (QED) is 0.195. The highest BCUT2D eigenvalue weighted by atomic mass is 35.5. The third-order valence-electron chi connectivity index (χ3n) is 6.85. The molecule has 0 fully saturated rings. The largest absolute Gasteiger partial charge is 0.493 e. The van der Waals surface area contributed by atoms with Gasteiger partial charge in [-0.25, -0.2) is 4.79 Å². The number of carboxylic acids is 1. The van der Waals surface area contributed by atoms with E-state index in [0.717, 1.165) is 40.8 Å². The average molecular weight is 599 g/mol. The summed E-state index contributed by atoms with van der Waals surface area (Å²) in [5, 5.41) is 13.8. The minimum atomic E-state index is -1.29. The lowest BCUT2D eigenvalue weighted by molar-refractivity contribution is -0.160. The van der Waals surface area contributed by atoms with Crippen LogP contribution >= 0.6 is 23.2 Å². The highest BCUT2D eigenvalue weighted by Crippen LogP contribution is 2.42. The Bertz CT molecular complexity index is 1530. The van der Waals surface area contributed by atoms with Crippen LogP contribution in [0.4, 0.5) is 5.69 Å². The number of carbonyl (C=O) groups excluding carboxylic acids is 2. The first-order valence-corrected chi connectivity index (χ1v) is 14.1. The molecule has 216 valence electrons. The van der Waals surface area contributed by atoms with Crippen LogP contribution in [-0.2, 0) is 20.7 Å². The number of Topliss-reactive ketones (excluding diaryl/α,β-unsaturated/α-hetero) is 2. The Morgan fingerprint density at radius 2 is 1.80 bits per heavy atom. The van der Waals surface area contributed by atoms with Crippen molar-refractivity contribution in [3.8, 4) is 16.9 Å². The minimum Gasteiger partial charge on any atom is -0.493 e. The molecule has 0 saturated heterocycles. The lowest BCUT2D eigenvalue weighted by atomic mass is 9.86. The molecule has 0 bridgehead atoms. The van der Waals surface area contributed by atoms with Crippen LogP contribution in [0.2, 0.25) is 10.0 Å². The monoisotopic (exact) mass is 597 g/mol. The molecule has 1 aliphatic rings. The summed E-state index contributed by atoms with van der Waals surface area (Å²) >= 11 is 12.1. The van der Waals surface area contributed by atoms with E-state index in [1.54, 1.807) is 27.7 Å². The van der Waals surface area contributed by atoms with Crippen LogP contribution in [0.15, 0.2) is 42.5 Å². The second kappa shape index (κ2) is 12.2. The number of fused-ring (bicyclic) bond motifs is 1. The maximum atomic E-state index is 12.9. The molecule has 41 heavy (non-hydrogen) atoms. The third kappa shape index (κ3) is 6.92. The summed E-state index contributed by atoms with van der Waals surface area (Å²) < 4.78 is 11.9. The molecular weight excluding hydrogens is 565 g/mol. The van der Waals surface area contributed by atoms with Gasteiger partial charge in [0.2, 0.25) is 11.6 Å². The van der Waals surface area contributed by atoms with E-state index in [9.17, 15) is 19.5 Å². The van der Waals surface area contributed by atoms with Gasteiger partial charge >= 0.3 is 5.97 Å². The Labute approximate surface area is 249 Å². The van der Waals surface area contributed by atoms with E-state index in [1.165, 1.54) is 18.2 Å². The number of rotatable bonds is 9. The normalized spacial score (nSPS) is 13.6. The van der Waals surface area contributed by atoms with Gasteiger partial charge < -0.3 is 19.9 Å². The number of hydrogen-bond donors (Lipinski definition) is 2. The van der Waals surface area contributed by atoms with Gasteiger partial charge in [0.1, 0.15) is 5.75 Å². The molecule has 1 atom stereocenters. The van der Waals surface area contributed by atoms with Crippen molar-refractivity contribution in [1.29, 1.82) is 0 Å². The lowest BCUT2D eigenvalue weighted by Crippen LogP contribution is -2.29. The van der Waals surface area contributed by atoms with Crippen molar-refractivity contribution >= 4 is 46.4 Å². The third-order valence-corrected chi connectivity index (χ3v) is 7.42. The van der Waals surface area contributed by atoms with Crippen molar-refractivity contribution in [2.45, 2.75) is 59.2 Å². The van der Waals surface area contributed by atoms with E-state index in [0.29, 0.717) is 23.4 Å². The predicted molar refractivity (Wildman–Crippen MR) is 161 cm³/mol. The van der Waals surface area contributed by atoms with Crippen molar-refractivity contribution < 1.29 is 29.0 Å². The first-order chi connectivity index (χ1) is 19.3. The fourth-order valence-electron chi connectivity index (χ4n) is 5.02. The van der Waals surface area contributed by atoms with Crippen LogP contribution in [-0.4, -0.2) is 41.4 Å². The molecule has 3 aromatic rings. The smallest absolute Gasteiger partial charge is 0.337 e. The lowest BCUT2D eigenvalue weighted by Gasteiger charge is -2.30. The summed E-state index contributed by atoms with van der Waals surface area (Å²) in [6, 6.07) is 12.1. The summed E-state index contributed by atoms with van der Waals surface area (Å²) in [6.07, 6.45) is 0.479. The molecule has 2 N–H and O–H groups in total. The Balaban J connectivity index is 1.77. The second-order valence-corrected chi connectivity index (χ2v) is 12.0. The van der Waals surface area contributed by atoms with Gasteiger partial charge in [0.05, 0.1) is 23.8 Å². The van der Waals surface area contributed by atoms with Gasteiger partial charge in [0.25, 0.3) is 0 Å². The van der Waals surface area contributed by atoms with Crippen molar-refractivity contribution in [2.75, 3.05) is 18.5 Å². The van der Waals surface area contributed by atoms with Gasteiger partial charge in [-0.3, -0.25) is 9.59 Å². The first kappa shape index (κ1) is 30.6. The van der Waals surface area contributed by atoms with E-state index in [1.807, 2.05) is 31.2 Å². The molecule has 7 nitrogen and oxygen atoms in total. The molecular formula is C32H33Cl2NO6. The van der Waals surface area contributed by atoms with E-state index in [-0.39, 0.29) is 22.2 Å². The molecule has 0 aliphatic carbocycles. The summed E-state index contributed by atoms with van der Waals surface area (Å²) in [4.78, 5) is 38.4. The van der Waals surface area contributed by atoms with Crippen molar-refractivity contribution in [3.63, 3.8) is 0 Å². The highest BCUT2D eigenvalue weighted by molar-refractivity contribution is 6.48. The summed E-state index contributed by atoms with van der Waals surface area (Å²) in [5.74, 6) is -1.79. The number of carboxylic acid groups (broad SMARTS) is 1. The molecule has 0 radical (unpaired) electrons. The number of anilines is 1. The summed E-state index contributed by atoms with van der Waals surface area (Å²) in [7, 11) is 0. The van der Waals surface area contributed by atoms with Crippen LogP contribution in [0, 0.1) is 13.8 Å². The van der Waals surface area contributed by atoms with E-state index >= 15 is 0 Å². The molecule has 1 unspecified atom stereocenters. The maximum Gasteiger partial charge on any atom is 0.337 e. The molecule has 0 saturated carbocycles. The second-order valence-electron chi connectivity index (χ2n) is 11.1. The van der Waals surface area contributed by atoms with Gasteiger partial charge in [0.15, 0.2) is 6.10 Å². The fraction of sp³-hybridized carbons (Fsp3) is 0.344. The van der Waals surface area contributed by atoms with Crippen LogP contribution in [0.25, 0.3) is 11.1 Å². The van der Waals surface area contributed by atoms with E-state index < -0.39 is 29.2 Å². The van der Waals surface area contributed by atoms with Gasteiger partial charge in [-0.2, -0.15) is 0 Å². The number of halogens is 2. The number of aliphatic carboxylic acids is 1. The summed E-state index contributed by atoms with van der Waals surface area (Å²) in [5.41, 5.74) is 4.29. The molecule has 4 rings (SSSR count). The fourth-order valence-corrected chi connectivity index (χ4v) is 5.39. The molecule has 0 aromatic heterocycles. The first-order valence-electron chi connectivity index (χ1n) is 13.3. The van der Waals surface area contributed by atoms with E-state index in [2.05, 4.69) is 5.32 Å². The average Bonchev–Trinajstić information content (AvgIpc) is 2.91. The van der Waals surface area contributed by atoms with Gasteiger partial charge in [0, 0.05) is 21.8 Å². The van der Waals surface area contributed by atoms with Gasteiger partial charge in [-0.1, -0.05) is 29.3 Å². The SMILES string of the molecule is Cc1cc(NCC(=O)C(=O)c2cc(Cl)ccc2Cl)c(C)c(C(OC(C)(C)C)C(=O)O)c1-c1ccc2c(c1)CCCO2. The Morgan fingerprint density at radius 3 is 2.49 bits per heavy atom. The highest BCUT2D eigenvalue weighted by Gasteiger charge is 2.33. The van der Waals surface area contributed by atoms with Crippen LogP contribution in [0.3, 0.4) is 0 Å². The number of benzene rings is 3. The van der Waals surface area contributed by atoms with Crippen LogP contribution in [0.5, 0.6) is 5.75 Å². The van der Waals surface area contributed by atoms with Crippen LogP contribution in [0.1, 0.15) is 65.9 Å². The molecule has 0 spiro atoms. The predicted octanol–water partition coefficient (Wildman–Crippen LogP) is 7.41. The molecule has 9 heteroatoms. The number of nitrogens with one attached hydrogen (secondary N) is 1. The topological polar surface area (TPSA) is 102 Å². The molecule has 0 amide bonds. The van der Waals surface area contributed by atoms with Crippen molar-refractivity contribution in [1.82, 2.24) is 0 Å². The standard InChI is InChI=1S/C32H33Cl2NO6/c1-17-13-24(35-16-25(36)29(37)22-15-21(33)9-10-23(22)34)18(2)28(30(31(38)39)41-32(3,4)5)27(17)20-8-11-26-19(14-20)7-6-12-40-26/h8-11,13-15,30,35H,6-7,12,16H2,1-5H3,(H,38,39). The maximum absolute atomic E-state index is 12.9. The van der Waals surface area contributed by atoms with Crippen molar-refractivity contribution in [2.24, 2.45) is 0 Å². The Hall–Kier alpha value is -3.39. The Kier molecular flexibility index (Phi) is 9.12. The number of ketones is 2. The van der Waals surface area contributed by atoms with Crippen molar-refractivity contribution in [3.05, 3.63) is 80.3 Å². The summed E-state index contributed by atoms with van der Waals surface area (Å²) in [6.45, 7) is 9.41. The molecule has 1 heterocycles. The zero-order chi connectivity index (χ0) is 30.1. The number of carbonyl (C=O) groups is 3. The molecule has 3 aromatic carbocycles. The zero-order valence-corrected chi connectivity index (χ0v) is 25.2.